The number of hydrogen-bond acceptors (Lipinski definition) is 5. The molecule has 4 rings (SSSR count). The number of benzene rings is 1. The SMILES string of the molecule is O=C(COC(=O)[C@H]1[C@H]2C[C@@H]3[C@@H]1C(=O)O[C@@H]3C2)c1ccccc1. The lowest BCUT2D eigenvalue weighted by Gasteiger charge is -2.22. The summed E-state index contributed by atoms with van der Waals surface area (Å²) in [4.78, 5) is 36.2. The van der Waals surface area contributed by atoms with Crippen molar-refractivity contribution in [3.05, 3.63) is 35.9 Å². The predicted molar refractivity (Wildman–Crippen MR) is 74.8 cm³/mol. The lowest BCUT2D eigenvalue weighted by molar-refractivity contribution is -0.154. The highest BCUT2D eigenvalue weighted by molar-refractivity contribution is 5.98. The van der Waals surface area contributed by atoms with Crippen LogP contribution in [0, 0.1) is 23.7 Å². The Morgan fingerprint density at radius 3 is 2.73 bits per heavy atom. The van der Waals surface area contributed by atoms with Crippen LogP contribution in [0.2, 0.25) is 0 Å². The molecule has 5 nitrogen and oxygen atoms in total. The third-order valence-corrected chi connectivity index (χ3v) is 5.20. The maximum absolute atomic E-state index is 12.3. The Morgan fingerprint density at radius 1 is 1.18 bits per heavy atom. The summed E-state index contributed by atoms with van der Waals surface area (Å²) in [5.74, 6) is -1.40. The second kappa shape index (κ2) is 4.93. The molecule has 1 saturated heterocycles. The van der Waals surface area contributed by atoms with Crippen LogP contribution in [-0.2, 0) is 19.1 Å². The minimum absolute atomic E-state index is 0.00231. The molecule has 1 aliphatic heterocycles. The standard InChI is InChI=1S/C17H16O5/c18-12(9-4-2-1-3-5-9)8-21-16(19)14-10-6-11-13(7-10)22-17(20)15(11)14/h1-5,10-11,13-15H,6-8H2/t10-,11-,13+,14-,15-/m0/s1. The molecule has 114 valence electrons. The zero-order chi connectivity index (χ0) is 15.3. The Kier molecular flexibility index (Phi) is 3.03. The van der Waals surface area contributed by atoms with Gasteiger partial charge in [-0.05, 0) is 18.8 Å². The number of Topliss-reactive ketones (excluding diaryl/α,β-unsaturated/α-hetero) is 1. The van der Waals surface area contributed by atoms with Crippen molar-refractivity contribution >= 4 is 17.7 Å². The molecule has 0 amide bonds. The fourth-order valence-corrected chi connectivity index (χ4v) is 4.27. The van der Waals surface area contributed by atoms with Gasteiger partial charge in [-0.1, -0.05) is 30.3 Å². The summed E-state index contributed by atoms with van der Waals surface area (Å²) in [6.07, 6.45) is 1.60. The number of esters is 2. The van der Waals surface area contributed by atoms with Gasteiger partial charge in [-0.25, -0.2) is 0 Å². The van der Waals surface area contributed by atoms with Gasteiger partial charge >= 0.3 is 11.9 Å². The van der Waals surface area contributed by atoms with Gasteiger partial charge in [0.1, 0.15) is 6.10 Å². The molecule has 0 N–H and O–H groups in total. The first-order valence-corrected chi connectivity index (χ1v) is 7.60. The molecule has 5 heteroatoms. The van der Waals surface area contributed by atoms with Crippen molar-refractivity contribution < 1.29 is 23.9 Å². The molecular formula is C17H16O5. The van der Waals surface area contributed by atoms with E-state index in [1.165, 1.54) is 0 Å². The second-order valence-corrected chi connectivity index (χ2v) is 6.32. The van der Waals surface area contributed by atoms with Gasteiger partial charge in [0.2, 0.25) is 0 Å². The van der Waals surface area contributed by atoms with Crippen molar-refractivity contribution in [1.82, 2.24) is 0 Å². The van der Waals surface area contributed by atoms with Crippen LogP contribution < -0.4 is 0 Å². The number of carbonyl (C=O) groups excluding carboxylic acids is 3. The summed E-state index contributed by atoms with van der Waals surface area (Å²) < 4.78 is 10.5. The summed E-state index contributed by atoms with van der Waals surface area (Å²) >= 11 is 0. The van der Waals surface area contributed by atoms with Gasteiger partial charge < -0.3 is 9.47 Å². The van der Waals surface area contributed by atoms with Crippen LogP contribution in [0.4, 0.5) is 0 Å². The third kappa shape index (κ3) is 1.95. The molecule has 22 heavy (non-hydrogen) atoms. The van der Waals surface area contributed by atoms with E-state index in [0.717, 1.165) is 12.8 Å². The summed E-state index contributed by atoms with van der Waals surface area (Å²) in [5.41, 5.74) is 0.517. The Hall–Kier alpha value is -2.17. The van der Waals surface area contributed by atoms with Gasteiger partial charge in [0.05, 0.1) is 11.8 Å². The molecule has 2 aliphatic carbocycles. The average Bonchev–Trinajstić information content (AvgIpc) is 3.15. The Labute approximate surface area is 127 Å². The van der Waals surface area contributed by atoms with Crippen LogP contribution in [0.25, 0.3) is 0 Å². The number of ketones is 1. The highest BCUT2D eigenvalue weighted by atomic mass is 16.6. The Bertz CT molecular complexity index is 636. The molecule has 1 aromatic carbocycles. The molecule has 2 bridgehead atoms. The third-order valence-electron chi connectivity index (χ3n) is 5.20. The van der Waals surface area contributed by atoms with Crippen molar-refractivity contribution in [2.45, 2.75) is 18.9 Å². The summed E-state index contributed by atoms with van der Waals surface area (Å²) in [7, 11) is 0. The van der Waals surface area contributed by atoms with Gasteiger partial charge in [0, 0.05) is 11.5 Å². The molecule has 1 aromatic rings. The smallest absolute Gasteiger partial charge is 0.310 e. The Balaban J connectivity index is 1.41. The van der Waals surface area contributed by atoms with E-state index in [1.807, 2.05) is 6.07 Å². The van der Waals surface area contributed by atoms with E-state index in [2.05, 4.69) is 0 Å². The lowest BCUT2D eigenvalue weighted by atomic mass is 9.80. The monoisotopic (exact) mass is 300 g/mol. The molecule has 0 spiro atoms. The number of carbonyl (C=O) groups is 3. The fraction of sp³-hybridized carbons (Fsp3) is 0.471. The van der Waals surface area contributed by atoms with E-state index in [0.29, 0.717) is 5.56 Å². The van der Waals surface area contributed by atoms with Crippen molar-refractivity contribution in [3.63, 3.8) is 0 Å². The van der Waals surface area contributed by atoms with Crippen LogP contribution in [-0.4, -0.2) is 30.4 Å². The van der Waals surface area contributed by atoms with Gasteiger partial charge in [-0.2, -0.15) is 0 Å². The van der Waals surface area contributed by atoms with Gasteiger partial charge in [0.15, 0.2) is 12.4 Å². The molecule has 5 atom stereocenters. The second-order valence-electron chi connectivity index (χ2n) is 6.32. The first-order chi connectivity index (χ1) is 10.6. The van der Waals surface area contributed by atoms with E-state index in [9.17, 15) is 14.4 Å². The number of ether oxygens (including phenoxy) is 2. The molecule has 0 aromatic heterocycles. The van der Waals surface area contributed by atoms with Gasteiger partial charge in [-0.15, -0.1) is 0 Å². The number of rotatable bonds is 4. The van der Waals surface area contributed by atoms with Crippen LogP contribution in [0.1, 0.15) is 23.2 Å². The molecule has 3 fully saturated rings. The van der Waals surface area contributed by atoms with Crippen LogP contribution >= 0.6 is 0 Å². The normalized spacial score (nSPS) is 34.5. The minimum Gasteiger partial charge on any atom is -0.462 e. The molecular weight excluding hydrogens is 284 g/mol. The zero-order valence-corrected chi connectivity index (χ0v) is 11.9. The maximum Gasteiger partial charge on any atom is 0.310 e. The fourth-order valence-electron chi connectivity index (χ4n) is 4.27. The predicted octanol–water partition coefficient (Wildman–Crippen LogP) is 1.61. The molecule has 1 heterocycles. The van der Waals surface area contributed by atoms with Crippen LogP contribution in [0.5, 0.6) is 0 Å². The van der Waals surface area contributed by atoms with E-state index in [1.54, 1.807) is 24.3 Å². The topological polar surface area (TPSA) is 69.7 Å². The van der Waals surface area contributed by atoms with Crippen LogP contribution in [0.3, 0.4) is 0 Å². The largest absolute Gasteiger partial charge is 0.462 e. The van der Waals surface area contributed by atoms with E-state index >= 15 is 0 Å². The van der Waals surface area contributed by atoms with E-state index < -0.39 is 11.9 Å². The number of hydrogen-bond donors (Lipinski definition) is 0. The molecule has 2 saturated carbocycles. The van der Waals surface area contributed by atoms with Crippen LogP contribution in [0.15, 0.2) is 30.3 Å². The maximum atomic E-state index is 12.3. The van der Waals surface area contributed by atoms with E-state index in [-0.39, 0.29) is 42.2 Å². The highest BCUT2D eigenvalue weighted by Crippen LogP contribution is 2.57. The van der Waals surface area contributed by atoms with E-state index in [4.69, 9.17) is 9.47 Å². The van der Waals surface area contributed by atoms with Crippen molar-refractivity contribution in [1.29, 1.82) is 0 Å². The molecule has 0 unspecified atom stereocenters. The number of fused-ring (bicyclic) bond motifs is 1. The molecule has 3 aliphatic rings. The van der Waals surface area contributed by atoms with Crippen molar-refractivity contribution in [2.75, 3.05) is 6.61 Å². The van der Waals surface area contributed by atoms with Crippen molar-refractivity contribution in [3.8, 4) is 0 Å². The van der Waals surface area contributed by atoms with Gasteiger partial charge in [0.25, 0.3) is 0 Å². The van der Waals surface area contributed by atoms with Gasteiger partial charge in [-0.3, -0.25) is 14.4 Å². The average molecular weight is 300 g/mol. The summed E-state index contributed by atoms with van der Waals surface area (Å²) in [6, 6.07) is 8.72. The first kappa shape index (κ1) is 13.5. The lowest BCUT2D eigenvalue weighted by Crippen LogP contribution is -2.34. The first-order valence-electron chi connectivity index (χ1n) is 7.60. The zero-order valence-electron chi connectivity index (χ0n) is 11.9. The Morgan fingerprint density at radius 2 is 1.95 bits per heavy atom. The van der Waals surface area contributed by atoms with Crippen molar-refractivity contribution in [2.24, 2.45) is 23.7 Å². The molecule has 0 radical (unpaired) electrons. The quantitative estimate of drug-likeness (QED) is 0.624. The minimum atomic E-state index is -0.431. The summed E-state index contributed by atoms with van der Waals surface area (Å²) in [6.45, 7) is -0.276. The summed E-state index contributed by atoms with van der Waals surface area (Å²) in [5, 5.41) is 0. The highest BCUT2D eigenvalue weighted by Gasteiger charge is 2.64.